The first kappa shape index (κ1) is 26.9. The Morgan fingerprint density at radius 2 is 1.81 bits per heavy atom. The number of ether oxygens (including phenoxy) is 1. The van der Waals surface area contributed by atoms with E-state index >= 15 is 0 Å². The second-order valence-corrected chi connectivity index (χ2v) is 10.2. The van der Waals surface area contributed by atoms with E-state index < -0.39 is 12.6 Å². The van der Waals surface area contributed by atoms with Gasteiger partial charge in [0.25, 0.3) is 0 Å². The molecule has 0 radical (unpaired) electrons. The zero-order chi connectivity index (χ0) is 25.6. The van der Waals surface area contributed by atoms with Crippen molar-refractivity contribution in [1.29, 1.82) is 0 Å². The lowest BCUT2D eigenvalue weighted by Crippen LogP contribution is -2.50. The Kier molecular flexibility index (Phi) is 8.92. The fourth-order valence-electron chi connectivity index (χ4n) is 4.69. The Labute approximate surface area is 214 Å². The minimum absolute atomic E-state index is 0.0318. The van der Waals surface area contributed by atoms with E-state index in [1.54, 1.807) is 6.20 Å². The molecule has 11 heteroatoms. The predicted molar refractivity (Wildman–Crippen MR) is 136 cm³/mol. The van der Waals surface area contributed by atoms with Crippen molar-refractivity contribution in [2.24, 2.45) is 5.73 Å². The Morgan fingerprint density at radius 3 is 2.53 bits per heavy atom. The molecular formula is C25H34ClF3N6O. The monoisotopic (exact) mass is 526 g/mol. The highest BCUT2D eigenvalue weighted by molar-refractivity contribution is 6.33. The van der Waals surface area contributed by atoms with Gasteiger partial charge in [-0.05, 0) is 56.7 Å². The Balaban J connectivity index is 1.33. The van der Waals surface area contributed by atoms with Crippen LogP contribution in [-0.2, 0) is 4.74 Å². The molecule has 2 aromatic rings. The van der Waals surface area contributed by atoms with E-state index in [0.717, 1.165) is 55.6 Å². The summed E-state index contributed by atoms with van der Waals surface area (Å²) in [4.78, 5) is 9.16. The largest absolute Gasteiger partial charge is 0.390 e. The molecule has 7 nitrogen and oxygen atoms in total. The second-order valence-electron chi connectivity index (χ2n) is 9.80. The molecular weight excluding hydrogens is 493 g/mol. The number of hydrogen-bond donors (Lipinski definition) is 4. The number of rotatable bonds is 9. The normalized spacial score (nSPS) is 22.2. The van der Waals surface area contributed by atoms with Crippen molar-refractivity contribution in [1.82, 2.24) is 15.3 Å². The van der Waals surface area contributed by atoms with Gasteiger partial charge in [-0.15, -0.1) is 0 Å². The summed E-state index contributed by atoms with van der Waals surface area (Å²) < 4.78 is 42.5. The smallest absolute Gasteiger partial charge is 0.381 e. The molecule has 0 bridgehead atoms. The molecule has 0 aromatic carbocycles. The maximum Gasteiger partial charge on any atom is 0.390 e. The highest BCUT2D eigenvalue weighted by Gasteiger charge is 2.29. The van der Waals surface area contributed by atoms with E-state index in [0.29, 0.717) is 30.6 Å². The van der Waals surface area contributed by atoms with Crippen LogP contribution < -0.4 is 21.7 Å². The maximum atomic E-state index is 12.4. The van der Waals surface area contributed by atoms with Gasteiger partial charge in [0.15, 0.2) is 0 Å². The van der Waals surface area contributed by atoms with Crippen molar-refractivity contribution < 1.29 is 17.9 Å². The van der Waals surface area contributed by atoms with Crippen LogP contribution in [0.25, 0.3) is 11.3 Å². The molecule has 1 aliphatic heterocycles. The second kappa shape index (κ2) is 11.9. The third kappa shape index (κ3) is 7.93. The summed E-state index contributed by atoms with van der Waals surface area (Å²) in [6, 6.07) is 7.95. The van der Waals surface area contributed by atoms with E-state index in [2.05, 4.69) is 20.9 Å². The van der Waals surface area contributed by atoms with Gasteiger partial charge < -0.3 is 26.4 Å². The van der Waals surface area contributed by atoms with E-state index in [4.69, 9.17) is 27.1 Å². The molecule has 0 atom stereocenters. The molecule has 1 saturated heterocycles. The first-order chi connectivity index (χ1) is 17.2. The third-order valence-electron chi connectivity index (χ3n) is 6.91. The van der Waals surface area contributed by atoms with Crippen molar-refractivity contribution in [3.8, 4) is 11.3 Å². The van der Waals surface area contributed by atoms with Gasteiger partial charge in [-0.3, -0.25) is 0 Å². The highest BCUT2D eigenvalue weighted by atomic mass is 35.5. The number of anilines is 2. The summed E-state index contributed by atoms with van der Waals surface area (Å²) in [5.41, 5.74) is 7.67. The average molecular weight is 527 g/mol. The van der Waals surface area contributed by atoms with E-state index in [1.165, 1.54) is 0 Å². The van der Waals surface area contributed by atoms with E-state index in [-0.39, 0.29) is 24.2 Å². The fourth-order valence-corrected chi connectivity index (χ4v) is 4.89. The molecule has 198 valence electrons. The van der Waals surface area contributed by atoms with Gasteiger partial charge in [-0.1, -0.05) is 17.7 Å². The number of pyridine rings is 2. The standard InChI is InChI=1S/C25H34ClF3N6O/c26-20-15-32-23(34-18-6-4-17(5-7-18)31-11-8-25(27,28)29)14-19(20)21-2-1-3-22(35-21)33-16-24(30)9-12-36-13-10-24/h1-3,14-15,17-18,31H,4-13,16,30H2,(H,32,34)(H,33,35)/t17-,18-. The topological polar surface area (TPSA) is 97.1 Å². The first-order valence-corrected chi connectivity index (χ1v) is 12.9. The summed E-state index contributed by atoms with van der Waals surface area (Å²) in [5.74, 6) is 1.42. The lowest BCUT2D eigenvalue weighted by Gasteiger charge is -2.33. The minimum atomic E-state index is -4.12. The zero-order valence-electron chi connectivity index (χ0n) is 20.2. The number of nitrogens with one attached hydrogen (secondary N) is 3. The van der Waals surface area contributed by atoms with Crippen LogP contribution in [0.4, 0.5) is 24.8 Å². The fraction of sp³-hybridized carbons (Fsp3) is 0.600. The molecule has 5 N–H and O–H groups in total. The summed E-state index contributed by atoms with van der Waals surface area (Å²) >= 11 is 6.47. The highest BCUT2D eigenvalue weighted by Crippen LogP contribution is 2.30. The van der Waals surface area contributed by atoms with Crippen molar-refractivity contribution in [2.45, 2.75) is 68.7 Å². The predicted octanol–water partition coefficient (Wildman–Crippen LogP) is 4.98. The Hall–Kier alpha value is -2.14. The van der Waals surface area contributed by atoms with Gasteiger partial charge in [0.2, 0.25) is 0 Å². The molecule has 0 amide bonds. The third-order valence-corrected chi connectivity index (χ3v) is 7.21. The average Bonchev–Trinajstić information content (AvgIpc) is 2.85. The van der Waals surface area contributed by atoms with Crippen molar-refractivity contribution in [3.05, 3.63) is 35.5 Å². The van der Waals surface area contributed by atoms with Crippen LogP contribution in [0.3, 0.4) is 0 Å². The van der Waals surface area contributed by atoms with E-state index in [1.807, 2.05) is 24.3 Å². The zero-order valence-corrected chi connectivity index (χ0v) is 21.0. The summed E-state index contributed by atoms with van der Waals surface area (Å²) in [5, 5.41) is 10.3. The molecule has 2 fully saturated rings. The van der Waals surface area contributed by atoms with Crippen LogP contribution in [0.1, 0.15) is 44.9 Å². The number of aromatic nitrogens is 2. The molecule has 2 aromatic heterocycles. The Morgan fingerprint density at radius 1 is 1.08 bits per heavy atom. The lowest BCUT2D eigenvalue weighted by molar-refractivity contribution is -0.133. The minimum Gasteiger partial charge on any atom is -0.381 e. The van der Waals surface area contributed by atoms with Crippen molar-refractivity contribution in [3.63, 3.8) is 0 Å². The summed E-state index contributed by atoms with van der Waals surface area (Å²) in [7, 11) is 0. The molecule has 3 heterocycles. The van der Waals surface area contributed by atoms with Crippen LogP contribution in [0.15, 0.2) is 30.5 Å². The number of nitrogens with two attached hydrogens (primary N) is 1. The number of halogens is 4. The summed E-state index contributed by atoms with van der Waals surface area (Å²) in [6.45, 7) is 1.92. The van der Waals surface area contributed by atoms with Gasteiger partial charge >= 0.3 is 6.18 Å². The van der Waals surface area contributed by atoms with Gasteiger partial charge in [0, 0.05) is 55.7 Å². The molecule has 1 saturated carbocycles. The SMILES string of the molecule is NC1(CNc2cccc(-c3cc(N[C@H]4CC[C@H](NCCC(F)(F)F)CC4)ncc3Cl)n2)CCOCC1. The van der Waals surface area contributed by atoms with Crippen molar-refractivity contribution in [2.75, 3.05) is 36.9 Å². The maximum absolute atomic E-state index is 12.4. The first-order valence-electron chi connectivity index (χ1n) is 12.5. The van der Waals surface area contributed by atoms with Crippen LogP contribution in [0.5, 0.6) is 0 Å². The van der Waals surface area contributed by atoms with Crippen LogP contribution >= 0.6 is 11.6 Å². The number of nitrogens with zero attached hydrogens (tertiary/aromatic N) is 2. The number of alkyl halides is 3. The van der Waals surface area contributed by atoms with Crippen LogP contribution in [-0.4, -0.2) is 60.1 Å². The molecule has 0 spiro atoms. The van der Waals surface area contributed by atoms with Gasteiger partial charge in [-0.25, -0.2) is 9.97 Å². The quantitative estimate of drug-likeness (QED) is 0.366. The van der Waals surface area contributed by atoms with Gasteiger partial charge in [0.05, 0.1) is 17.1 Å². The van der Waals surface area contributed by atoms with Crippen molar-refractivity contribution >= 4 is 23.2 Å². The lowest BCUT2D eigenvalue weighted by atomic mass is 9.91. The molecule has 0 unspecified atom stereocenters. The van der Waals surface area contributed by atoms with Crippen LogP contribution in [0, 0.1) is 0 Å². The molecule has 2 aliphatic rings. The number of hydrogen-bond acceptors (Lipinski definition) is 7. The Bertz CT molecular complexity index is 994. The summed E-state index contributed by atoms with van der Waals surface area (Å²) in [6.07, 6.45) is 1.65. The molecule has 4 rings (SSSR count). The van der Waals surface area contributed by atoms with Gasteiger partial charge in [-0.2, -0.15) is 13.2 Å². The molecule has 1 aliphatic carbocycles. The van der Waals surface area contributed by atoms with Crippen LogP contribution in [0.2, 0.25) is 5.02 Å². The van der Waals surface area contributed by atoms with E-state index in [9.17, 15) is 13.2 Å². The molecule has 36 heavy (non-hydrogen) atoms. The van der Waals surface area contributed by atoms with Gasteiger partial charge in [0.1, 0.15) is 11.6 Å².